The van der Waals surface area contributed by atoms with Crippen molar-refractivity contribution in [1.82, 2.24) is 0 Å². The number of phenols is 1. The minimum absolute atomic E-state index is 0. The van der Waals surface area contributed by atoms with Crippen LogP contribution in [0.2, 0.25) is 0 Å². The average Bonchev–Trinajstić information content (AvgIpc) is 2.27. The Hall–Kier alpha value is -0.930. The van der Waals surface area contributed by atoms with Crippen molar-refractivity contribution in [2.75, 3.05) is 7.11 Å². The molecule has 3 N–H and O–H groups in total. The molecule has 0 heterocycles. The Balaban J connectivity index is 0.00000225. The van der Waals surface area contributed by atoms with Crippen LogP contribution in [0.25, 0.3) is 0 Å². The predicted octanol–water partition coefficient (Wildman–Crippen LogP) is 2.87. The Labute approximate surface area is 103 Å². The number of hydrogen-bond donors (Lipinski definition) is 2. The molecule has 0 saturated carbocycles. The second-order valence-corrected chi connectivity index (χ2v) is 3.84. The third kappa shape index (κ3) is 3.29. The number of aromatic hydroxyl groups is 1. The van der Waals surface area contributed by atoms with Crippen LogP contribution in [-0.2, 0) is 0 Å². The summed E-state index contributed by atoms with van der Waals surface area (Å²) in [5.41, 5.74) is 7.08. The van der Waals surface area contributed by atoms with Crippen LogP contribution in [0, 0.1) is 5.92 Å². The Morgan fingerprint density at radius 3 is 2.56 bits per heavy atom. The molecule has 92 valence electrons. The number of benzene rings is 1. The topological polar surface area (TPSA) is 55.5 Å². The molecule has 0 aliphatic carbocycles. The lowest BCUT2D eigenvalue weighted by atomic mass is 9.93. The molecule has 0 fully saturated rings. The molecule has 1 unspecified atom stereocenters. The third-order valence-electron chi connectivity index (χ3n) is 2.85. The van der Waals surface area contributed by atoms with Crippen molar-refractivity contribution in [3.05, 3.63) is 23.8 Å². The first-order valence-electron chi connectivity index (χ1n) is 5.22. The van der Waals surface area contributed by atoms with Crippen molar-refractivity contribution in [3.8, 4) is 11.5 Å². The molecule has 1 rings (SSSR count). The maximum atomic E-state index is 9.45. The summed E-state index contributed by atoms with van der Waals surface area (Å²) in [6.45, 7) is 4.23. The first-order valence-corrected chi connectivity index (χ1v) is 5.22. The van der Waals surface area contributed by atoms with Crippen LogP contribution in [0.1, 0.15) is 31.9 Å². The standard InChI is InChI=1S/C12H19NO2.ClH/c1-4-8(2)12(13)9-5-6-10(14)11(7-9)15-3;/h5-8,12,14H,4,13H2,1-3H3;1H/t8?,12-;/m0./s1. The van der Waals surface area contributed by atoms with Gasteiger partial charge in [0.25, 0.3) is 0 Å². The summed E-state index contributed by atoms with van der Waals surface area (Å²) in [6.07, 6.45) is 1.03. The van der Waals surface area contributed by atoms with Gasteiger partial charge in [0.05, 0.1) is 7.11 Å². The summed E-state index contributed by atoms with van der Waals surface area (Å²) in [6, 6.07) is 5.25. The van der Waals surface area contributed by atoms with Gasteiger partial charge in [0.15, 0.2) is 11.5 Å². The molecule has 0 bridgehead atoms. The number of ether oxygens (including phenoxy) is 1. The van der Waals surface area contributed by atoms with Gasteiger partial charge in [0, 0.05) is 6.04 Å². The molecular weight excluding hydrogens is 226 g/mol. The minimum atomic E-state index is -0.00972. The lowest BCUT2D eigenvalue weighted by molar-refractivity contribution is 0.371. The van der Waals surface area contributed by atoms with E-state index >= 15 is 0 Å². The van der Waals surface area contributed by atoms with Crippen LogP contribution in [0.3, 0.4) is 0 Å². The van der Waals surface area contributed by atoms with E-state index in [-0.39, 0.29) is 24.2 Å². The summed E-state index contributed by atoms with van der Waals surface area (Å²) in [5, 5.41) is 9.45. The molecule has 0 spiro atoms. The third-order valence-corrected chi connectivity index (χ3v) is 2.85. The molecule has 0 aromatic heterocycles. The van der Waals surface area contributed by atoms with E-state index in [0.717, 1.165) is 12.0 Å². The van der Waals surface area contributed by atoms with Crippen LogP contribution in [0.5, 0.6) is 11.5 Å². The van der Waals surface area contributed by atoms with E-state index in [1.54, 1.807) is 12.1 Å². The van der Waals surface area contributed by atoms with Crippen LogP contribution in [0.15, 0.2) is 18.2 Å². The number of nitrogens with two attached hydrogens (primary N) is 1. The monoisotopic (exact) mass is 245 g/mol. The molecular formula is C12H20ClNO2. The van der Waals surface area contributed by atoms with Gasteiger partial charge in [-0.15, -0.1) is 12.4 Å². The maximum Gasteiger partial charge on any atom is 0.160 e. The lowest BCUT2D eigenvalue weighted by Gasteiger charge is -2.19. The zero-order valence-electron chi connectivity index (χ0n) is 9.93. The van der Waals surface area contributed by atoms with Gasteiger partial charge >= 0.3 is 0 Å². The SMILES string of the molecule is CCC(C)[C@H](N)c1ccc(O)c(OC)c1.Cl. The van der Waals surface area contributed by atoms with E-state index < -0.39 is 0 Å². The Bertz CT molecular complexity index is 331. The second kappa shape index (κ2) is 6.61. The normalized spacial score (nSPS) is 13.8. The smallest absolute Gasteiger partial charge is 0.160 e. The van der Waals surface area contributed by atoms with Crippen molar-refractivity contribution in [1.29, 1.82) is 0 Å². The molecule has 1 aromatic carbocycles. The van der Waals surface area contributed by atoms with Crippen molar-refractivity contribution >= 4 is 12.4 Å². The van der Waals surface area contributed by atoms with E-state index in [0.29, 0.717) is 11.7 Å². The van der Waals surface area contributed by atoms with Gasteiger partial charge < -0.3 is 15.6 Å². The highest BCUT2D eigenvalue weighted by molar-refractivity contribution is 5.85. The molecule has 0 saturated heterocycles. The molecule has 3 nitrogen and oxygen atoms in total. The lowest BCUT2D eigenvalue weighted by Crippen LogP contribution is -2.18. The first kappa shape index (κ1) is 15.1. The van der Waals surface area contributed by atoms with Gasteiger partial charge in [-0.3, -0.25) is 0 Å². The van der Waals surface area contributed by atoms with Crippen molar-refractivity contribution in [2.24, 2.45) is 11.7 Å². The number of phenolic OH excluding ortho intramolecular Hbond substituents is 1. The highest BCUT2D eigenvalue weighted by atomic mass is 35.5. The fourth-order valence-electron chi connectivity index (χ4n) is 1.48. The number of halogens is 1. The van der Waals surface area contributed by atoms with Gasteiger partial charge in [-0.25, -0.2) is 0 Å². The van der Waals surface area contributed by atoms with Gasteiger partial charge in [-0.2, -0.15) is 0 Å². The van der Waals surface area contributed by atoms with E-state index in [9.17, 15) is 5.11 Å². The zero-order valence-corrected chi connectivity index (χ0v) is 10.8. The molecule has 0 aliphatic rings. The quantitative estimate of drug-likeness (QED) is 0.858. The summed E-state index contributed by atoms with van der Waals surface area (Å²) < 4.78 is 5.04. The average molecular weight is 246 g/mol. The Morgan fingerprint density at radius 1 is 1.44 bits per heavy atom. The summed E-state index contributed by atoms with van der Waals surface area (Å²) in [4.78, 5) is 0. The molecule has 2 atom stereocenters. The predicted molar refractivity (Wildman–Crippen MR) is 68.3 cm³/mol. The van der Waals surface area contributed by atoms with E-state index in [1.807, 2.05) is 6.07 Å². The molecule has 0 aliphatic heterocycles. The summed E-state index contributed by atoms with van der Waals surface area (Å²) >= 11 is 0. The van der Waals surface area contributed by atoms with Crippen molar-refractivity contribution in [3.63, 3.8) is 0 Å². The first-order chi connectivity index (χ1) is 7.10. The zero-order chi connectivity index (χ0) is 11.4. The maximum absolute atomic E-state index is 9.45. The molecule has 0 radical (unpaired) electrons. The van der Waals surface area contributed by atoms with Gasteiger partial charge in [0.1, 0.15) is 0 Å². The molecule has 1 aromatic rings. The molecule has 16 heavy (non-hydrogen) atoms. The van der Waals surface area contributed by atoms with Crippen molar-refractivity contribution in [2.45, 2.75) is 26.3 Å². The number of rotatable bonds is 4. The van der Waals surface area contributed by atoms with Crippen LogP contribution in [-0.4, -0.2) is 12.2 Å². The fraction of sp³-hybridized carbons (Fsp3) is 0.500. The van der Waals surface area contributed by atoms with Crippen LogP contribution < -0.4 is 10.5 Å². The number of methoxy groups -OCH3 is 1. The van der Waals surface area contributed by atoms with Gasteiger partial charge in [-0.1, -0.05) is 26.3 Å². The Kier molecular flexibility index (Phi) is 6.22. The highest BCUT2D eigenvalue weighted by Crippen LogP contribution is 2.31. The van der Waals surface area contributed by atoms with Crippen molar-refractivity contribution < 1.29 is 9.84 Å². The van der Waals surface area contributed by atoms with Crippen LogP contribution in [0.4, 0.5) is 0 Å². The highest BCUT2D eigenvalue weighted by Gasteiger charge is 2.14. The minimum Gasteiger partial charge on any atom is -0.504 e. The Morgan fingerprint density at radius 2 is 2.06 bits per heavy atom. The van der Waals surface area contributed by atoms with Crippen LogP contribution >= 0.6 is 12.4 Å². The number of hydrogen-bond acceptors (Lipinski definition) is 3. The van der Waals surface area contributed by atoms with Gasteiger partial charge in [0.2, 0.25) is 0 Å². The second-order valence-electron chi connectivity index (χ2n) is 3.84. The largest absolute Gasteiger partial charge is 0.504 e. The van der Waals surface area contributed by atoms with E-state index in [4.69, 9.17) is 10.5 Å². The summed E-state index contributed by atoms with van der Waals surface area (Å²) in [7, 11) is 1.54. The summed E-state index contributed by atoms with van der Waals surface area (Å²) in [5.74, 6) is 1.04. The van der Waals surface area contributed by atoms with E-state index in [1.165, 1.54) is 7.11 Å². The molecule has 0 amide bonds. The van der Waals surface area contributed by atoms with E-state index in [2.05, 4.69) is 13.8 Å². The van der Waals surface area contributed by atoms with Gasteiger partial charge in [-0.05, 0) is 23.6 Å². The molecule has 4 heteroatoms. The fourth-order valence-corrected chi connectivity index (χ4v) is 1.48.